The van der Waals surface area contributed by atoms with Crippen LogP contribution in [0.25, 0.3) is 0 Å². The monoisotopic (exact) mass is 357 g/mol. The maximum absolute atomic E-state index is 12.5. The van der Waals surface area contributed by atoms with Crippen LogP contribution in [0, 0.1) is 20.8 Å². The van der Waals surface area contributed by atoms with Gasteiger partial charge in [0.25, 0.3) is 0 Å². The van der Waals surface area contributed by atoms with Crippen LogP contribution < -0.4 is 5.32 Å². The van der Waals surface area contributed by atoms with Gasteiger partial charge in [0, 0.05) is 5.69 Å². The molecule has 0 amide bonds. The summed E-state index contributed by atoms with van der Waals surface area (Å²) in [6.45, 7) is 5.82. The molecule has 6 nitrogen and oxygen atoms in total. The standard InChI is InChI=1S/C18H19N3O3S/c1-12-8-13(2)10-16(9-12)19-17-20-21-18(24-17)25(22,23)11-15-7-5-4-6-14(15)3/h4-10H,11H2,1-3H3,(H,19,20). The van der Waals surface area contributed by atoms with Gasteiger partial charge in [-0.1, -0.05) is 40.5 Å². The molecule has 0 atom stereocenters. The minimum absolute atomic E-state index is 0.0494. The minimum Gasteiger partial charge on any atom is -0.394 e. The van der Waals surface area contributed by atoms with Gasteiger partial charge in [-0.3, -0.25) is 0 Å². The van der Waals surface area contributed by atoms with E-state index in [1.165, 1.54) is 0 Å². The number of hydrogen-bond donors (Lipinski definition) is 1. The molecule has 0 saturated heterocycles. The molecule has 3 rings (SSSR count). The summed E-state index contributed by atoms with van der Waals surface area (Å²) in [4.78, 5) is 0. The fourth-order valence-electron chi connectivity index (χ4n) is 2.59. The summed E-state index contributed by atoms with van der Waals surface area (Å²) < 4.78 is 30.3. The van der Waals surface area contributed by atoms with Crippen LogP contribution in [0.3, 0.4) is 0 Å². The summed E-state index contributed by atoms with van der Waals surface area (Å²) in [5.41, 5.74) is 4.54. The van der Waals surface area contributed by atoms with Gasteiger partial charge in [0.05, 0.1) is 5.75 Å². The third-order valence-electron chi connectivity index (χ3n) is 3.75. The Morgan fingerprint density at radius 2 is 1.68 bits per heavy atom. The quantitative estimate of drug-likeness (QED) is 0.749. The Labute approximate surface area is 146 Å². The summed E-state index contributed by atoms with van der Waals surface area (Å²) in [6, 6.07) is 13.2. The zero-order valence-electron chi connectivity index (χ0n) is 14.3. The zero-order valence-corrected chi connectivity index (χ0v) is 15.1. The SMILES string of the molecule is Cc1cc(C)cc(Nc2nnc(S(=O)(=O)Cc3ccccc3C)o2)c1. The highest BCUT2D eigenvalue weighted by Crippen LogP contribution is 2.22. The molecular weight excluding hydrogens is 338 g/mol. The number of sulfone groups is 1. The topological polar surface area (TPSA) is 85.1 Å². The Kier molecular flexibility index (Phi) is 4.59. The molecule has 130 valence electrons. The summed E-state index contributed by atoms with van der Waals surface area (Å²) in [5.74, 6) is -0.176. The normalized spacial score (nSPS) is 11.5. The molecule has 0 aliphatic carbocycles. The van der Waals surface area contributed by atoms with Gasteiger partial charge in [-0.15, -0.1) is 0 Å². The van der Waals surface area contributed by atoms with Gasteiger partial charge in [-0.05, 0) is 55.2 Å². The highest BCUT2D eigenvalue weighted by Gasteiger charge is 2.23. The molecule has 0 fully saturated rings. The second kappa shape index (κ2) is 6.68. The average molecular weight is 357 g/mol. The van der Waals surface area contributed by atoms with Crippen LogP contribution in [-0.4, -0.2) is 18.6 Å². The molecule has 3 aromatic rings. The minimum atomic E-state index is -3.70. The van der Waals surface area contributed by atoms with Crippen molar-refractivity contribution < 1.29 is 12.8 Å². The summed E-state index contributed by atoms with van der Waals surface area (Å²) in [6.07, 6.45) is 0. The molecule has 2 aromatic carbocycles. The number of nitrogens with zero attached hydrogens (tertiary/aromatic N) is 2. The molecule has 0 aliphatic rings. The fourth-order valence-corrected chi connectivity index (χ4v) is 3.82. The Balaban J connectivity index is 1.81. The lowest BCUT2D eigenvalue weighted by molar-refractivity contribution is 0.442. The van der Waals surface area contributed by atoms with E-state index in [1.807, 2.05) is 51.1 Å². The number of benzene rings is 2. The van der Waals surface area contributed by atoms with Crippen molar-refractivity contribution in [3.8, 4) is 0 Å². The highest BCUT2D eigenvalue weighted by molar-refractivity contribution is 7.90. The maximum Gasteiger partial charge on any atom is 0.337 e. The number of anilines is 2. The van der Waals surface area contributed by atoms with Crippen LogP contribution in [0.2, 0.25) is 0 Å². The summed E-state index contributed by atoms with van der Waals surface area (Å²) >= 11 is 0. The van der Waals surface area contributed by atoms with Crippen molar-refractivity contribution in [3.05, 3.63) is 64.7 Å². The Bertz CT molecular complexity index is 990. The van der Waals surface area contributed by atoms with E-state index in [0.29, 0.717) is 5.56 Å². The van der Waals surface area contributed by atoms with Gasteiger partial charge in [-0.2, -0.15) is 0 Å². The predicted octanol–water partition coefficient (Wildman–Crippen LogP) is 3.71. The molecule has 0 aliphatic heterocycles. The number of rotatable bonds is 5. The molecule has 0 bridgehead atoms. The first-order chi connectivity index (χ1) is 11.8. The van der Waals surface area contributed by atoms with E-state index in [0.717, 1.165) is 22.4 Å². The second-order valence-electron chi connectivity index (χ2n) is 6.06. The molecule has 0 unspecified atom stereocenters. The molecule has 7 heteroatoms. The fraction of sp³-hybridized carbons (Fsp3) is 0.222. The smallest absolute Gasteiger partial charge is 0.337 e. The van der Waals surface area contributed by atoms with Crippen LogP contribution in [-0.2, 0) is 15.6 Å². The summed E-state index contributed by atoms with van der Waals surface area (Å²) in [5, 5.41) is 10.0. The molecule has 1 heterocycles. The van der Waals surface area contributed by atoms with E-state index >= 15 is 0 Å². The Morgan fingerprint density at radius 3 is 2.36 bits per heavy atom. The van der Waals surface area contributed by atoms with E-state index in [4.69, 9.17) is 4.42 Å². The van der Waals surface area contributed by atoms with Crippen molar-refractivity contribution in [2.45, 2.75) is 31.7 Å². The molecule has 0 spiro atoms. The lowest BCUT2D eigenvalue weighted by atomic mass is 10.1. The number of nitrogens with one attached hydrogen (secondary N) is 1. The molecule has 1 aromatic heterocycles. The number of aryl methyl sites for hydroxylation is 3. The third kappa shape index (κ3) is 4.06. The highest BCUT2D eigenvalue weighted by atomic mass is 32.2. The van der Waals surface area contributed by atoms with Gasteiger partial charge < -0.3 is 9.73 Å². The molecule has 0 radical (unpaired) electrons. The Morgan fingerprint density at radius 1 is 1.00 bits per heavy atom. The van der Waals surface area contributed by atoms with Crippen LogP contribution >= 0.6 is 0 Å². The van der Waals surface area contributed by atoms with E-state index in [1.54, 1.807) is 12.1 Å². The van der Waals surface area contributed by atoms with Crippen molar-refractivity contribution in [3.63, 3.8) is 0 Å². The zero-order chi connectivity index (χ0) is 18.0. The van der Waals surface area contributed by atoms with E-state index < -0.39 is 9.84 Å². The van der Waals surface area contributed by atoms with Crippen LogP contribution in [0.5, 0.6) is 0 Å². The van der Waals surface area contributed by atoms with Crippen molar-refractivity contribution in [2.24, 2.45) is 0 Å². The molecule has 0 saturated carbocycles. The van der Waals surface area contributed by atoms with E-state index in [2.05, 4.69) is 15.5 Å². The van der Waals surface area contributed by atoms with E-state index in [9.17, 15) is 8.42 Å². The maximum atomic E-state index is 12.5. The van der Waals surface area contributed by atoms with Gasteiger partial charge in [0.15, 0.2) is 0 Å². The van der Waals surface area contributed by atoms with Gasteiger partial charge >= 0.3 is 11.2 Å². The third-order valence-corrected chi connectivity index (χ3v) is 5.14. The van der Waals surface area contributed by atoms with Crippen molar-refractivity contribution in [1.29, 1.82) is 0 Å². The average Bonchev–Trinajstić information content (AvgIpc) is 2.98. The lowest BCUT2D eigenvalue weighted by Gasteiger charge is -2.05. The number of aromatic nitrogens is 2. The van der Waals surface area contributed by atoms with Crippen molar-refractivity contribution in [1.82, 2.24) is 10.2 Å². The van der Waals surface area contributed by atoms with Crippen molar-refractivity contribution >= 4 is 21.5 Å². The first-order valence-electron chi connectivity index (χ1n) is 7.79. The van der Waals surface area contributed by atoms with Crippen molar-refractivity contribution in [2.75, 3.05) is 5.32 Å². The largest absolute Gasteiger partial charge is 0.394 e. The molecule has 25 heavy (non-hydrogen) atoms. The van der Waals surface area contributed by atoms with Crippen LogP contribution in [0.4, 0.5) is 11.7 Å². The first kappa shape index (κ1) is 17.2. The molecule has 1 N–H and O–H groups in total. The second-order valence-corrected chi connectivity index (χ2v) is 7.93. The van der Waals surface area contributed by atoms with E-state index in [-0.39, 0.29) is 17.0 Å². The lowest BCUT2D eigenvalue weighted by Crippen LogP contribution is -2.06. The van der Waals surface area contributed by atoms with Crippen LogP contribution in [0.1, 0.15) is 22.3 Å². The first-order valence-corrected chi connectivity index (χ1v) is 9.45. The van der Waals surface area contributed by atoms with Crippen LogP contribution in [0.15, 0.2) is 52.1 Å². The van der Waals surface area contributed by atoms with Gasteiger partial charge in [-0.25, -0.2) is 8.42 Å². The van der Waals surface area contributed by atoms with Gasteiger partial charge in [0.2, 0.25) is 9.84 Å². The van der Waals surface area contributed by atoms with Gasteiger partial charge in [0.1, 0.15) is 0 Å². The predicted molar refractivity (Wildman–Crippen MR) is 95.6 cm³/mol. The Hall–Kier alpha value is -2.67. The summed E-state index contributed by atoms with van der Waals surface area (Å²) in [7, 11) is -3.70. The molecular formula is C18H19N3O3S. The number of hydrogen-bond acceptors (Lipinski definition) is 6.